The van der Waals surface area contributed by atoms with Gasteiger partial charge in [-0.15, -0.1) is 6.58 Å². The van der Waals surface area contributed by atoms with E-state index in [-0.39, 0.29) is 0 Å². The molecule has 42 heavy (non-hydrogen) atoms. The van der Waals surface area contributed by atoms with Gasteiger partial charge in [0.2, 0.25) is 0 Å². The van der Waals surface area contributed by atoms with Crippen LogP contribution in [0.1, 0.15) is 145 Å². The first-order valence-corrected chi connectivity index (χ1v) is 17.0. The lowest BCUT2D eigenvalue weighted by molar-refractivity contribution is 0.0730. The maximum absolute atomic E-state index is 13.2. The summed E-state index contributed by atoms with van der Waals surface area (Å²) in [5, 5.41) is 0. The lowest BCUT2D eigenvalue weighted by atomic mass is 9.77. The lowest BCUT2D eigenvalue weighted by Crippen LogP contribution is -2.14. The third-order valence-corrected chi connectivity index (χ3v) is 8.62. The highest BCUT2D eigenvalue weighted by atomic mass is 16.5. The minimum absolute atomic E-state index is 0.404. The van der Waals surface area contributed by atoms with E-state index in [9.17, 15) is 4.79 Å². The summed E-state index contributed by atoms with van der Waals surface area (Å²) >= 11 is 0. The van der Waals surface area contributed by atoms with Crippen molar-refractivity contribution in [1.29, 1.82) is 0 Å². The van der Waals surface area contributed by atoms with E-state index in [1.54, 1.807) is 6.07 Å². The van der Waals surface area contributed by atoms with Gasteiger partial charge in [-0.05, 0) is 93.0 Å². The van der Waals surface area contributed by atoms with Crippen molar-refractivity contribution in [2.24, 2.45) is 5.92 Å². The van der Waals surface area contributed by atoms with Crippen LogP contribution >= 0.6 is 0 Å². The van der Waals surface area contributed by atoms with Gasteiger partial charge in [0, 0.05) is 6.07 Å². The molecule has 1 aliphatic carbocycles. The van der Waals surface area contributed by atoms with Crippen molar-refractivity contribution in [3.05, 3.63) is 66.2 Å². The highest BCUT2D eigenvalue weighted by Gasteiger charge is 2.22. The van der Waals surface area contributed by atoms with Crippen molar-refractivity contribution in [3.63, 3.8) is 0 Å². The van der Waals surface area contributed by atoms with Gasteiger partial charge in [0.25, 0.3) is 0 Å². The smallest absolute Gasteiger partial charge is 0.347 e. The average molecular weight is 577 g/mol. The molecule has 232 valence electrons. The van der Waals surface area contributed by atoms with Crippen molar-refractivity contribution in [3.8, 4) is 17.2 Å². The monoisotopic (exact) mass is 576 g/mol. The van der Waals surface area contributed by atoms with Gasteiger partial charge in [0.15, 0.2) is 0 Å². The van der Waals surface area contributed by atoms with Gasteiger partial charge < -0.3 is 14.2 Å². The Bertz CT molecular complexity index is 1020. The van der Waals surface area contributed by atoms with E-state index < -0.39 is 5.97 Å². The Morgan fingerprint density at radius 1 is 0.762 bits per heavy atom. The molecule has 0 aliphatic heterocycles. The summed E-state index contributed by atoms with van der Waals surface area (Å²) in [6, 6.07) is 13.6. The van der Waals surface area contributed by atoms with Gasteiger partial charge in [0.1, 0.15) is 22.8 Å². The van der Waals surface area contributed by atoms with Crippen LogP contribution in [0.15, 0.2) is 55.1 Å². The predicted octanol–water partition coefficient (Wildman–Crippen LogP) is 11.2. The number of carbonyl (C=O) groups is 1. The fourth-order valence-electron chi connectivity index (χ4n) is 5.96. The Hall–Kier alpha value is -2.75. The molecule has 2 aromatic rings. The van der Waals surface area contributed by atoms with Gasteiger partial charge in [-0.3, -0.25) is 0 Å². The molecule has 1 fully saturated rings. The summed E-state index contributed by atoms with van der Waals surface area (Å²) in [6.07, 6.45) is 22.7. The Morgan fingerprint density at radius 2 is 1.40 bits per heavy atom. The van der Waals surface area contributed by atoms with Crippen LogP contribution in [-0.2, 0) is 0 Å². The van der Waals surface area contributed by atoms with Crippen molar-refractivity contribution in [1.82, 2.24) is 0 Å². The van der Waals surface area contributed by atoms with Crippen molar-refractivity contribution in [2.45, 2.75) is 129 Å². The van der Waals surface area contributed by atoms with Crippen LogP contribution in [0.5, 0.6) is 17.2 Å². The molecule has 0 radical (unpaired) electrons. The number of rotatable bonds is 21. The number of hydrogen-bond acceptors (Lipinski definition) is 4. The standard InChI is InChI=1S/C38H56O4/c1-4-7-10-12-13-16-28-40-35-26-27-36(37(30-35)41-29-15-11-8-5-2)38(39)42-34-24-22-33(23-25-34)32-20-18-31(19-21-32)17-14-9-6-3/h5,22-27,30-32H,2,4,6-21,28-29H2,1,3H3. The van der Waals surface area contributed by atoms with E-state index in [1.165, 1.54) is 89.0 Å². The zero-order chi connectivity index (χ0) is 29.8. The second kappa shape index (κ2) is 20.2. The number of allylic oxidation sites excluding steroid dienone is 1. The van der Waals surface area contributed by atoms with E-state index in [1.807, 2.05) is 30.3 Å². The van der Waals surface area contributed by atoms with E-state index >= 15 is 0 Å². The maximum atomic E-state index is 13.2. The molecule has 1 saturated carbocycles. The molecule has 0 amide bonds. The predicted molar refractivity (Wildman–Crippen MR) is 175 cm³/mol. The first kappa shape index (κ1) is 33.7. The first-order valence-electron chi connectivity index (χ1n) is 17.0. The molecule has 4 nitrogen and oxygen atoms in total. The summed E-state index contributed by atoms with van der Waals surface area (Å²) in [5.41, 5.74) is 1.79. The zero-order valence-corrected chi connectivity index (χ0v) is 26.5. The van der Waals surface area contributed by atoms with Crippen LogP contribution < -0.4 is 14.2 Å². The topological polar surface area (TPSA) is 44.8 Å². The van der Waals surface area contributed by atoms with Crippen LogP contribution in [0.2, 0.25) is 0 Å². The largest absolute Gasteiger partial charge is 0.493 e. The minimum atomic E-state index is -0.404. The third kappa shape index (κ3) is 12.2. The van der Waals surface area contributed by atoms with Crippen LogP contribution in [0, 0.1) is 5.92 Å². The number of carbonyl (C=O) groups excluding carboxylic acids is 1. The number of benzene rings is 2. The SMILES string of the molecule is C=CCCCCOc1cc(OCCCCCCCC)ccc1C(=O)Oc1ccc(C2CCC(CCCCC)CC2)cc1. The van der Waals surface area contributed by atoms with Crippen LogP contribution in [0.25, 0.3) is 0 Å². The van der Waals surface area contributed by atoms with E-state index in [2.05, 4.69) is 32.6 Å². The van der Waals surface area contributed by atoms with Gasteiger partial charge in [-0.25, -0.2) is 4.79 Å². The molecule has 0 heterocycles. The Morgan fingerprint density at radius 3 is 2.14 bits per heavy atom. The molecule has 2 aromatic carbocycles. The fraction of sp³-hybridized carbons (Fsp3) is 0.605. The third-order valence-electron chi connectivity index (χ3n) is 8.62. The number of esters is 1. The van der Waals surface area contributed by atoms with E-state index in [4.69, 9.17) is 14.2 Å². The van der Waals surface area contributed by atoms with Gasteiger partial charge in [-0.1, -0.05) is 89.8 Å². The minimum Gasteiger partial charge on any atom is -0.493 e. The van der Waals surface area contributed by atoms with Gasteiger partial charge in [-0.2, -0.15) is 0 Å². The van der Waals surface area contributed by atoms with Crippen molar-refractivity contribution < 1.29 is 19.0 Å². The molecule has 3 rings (SSSR count). The molecule has 0 saturated heterocycles. The average Bonchev–Trinajstić information content (AvgIpc) is 3.01. The molecule has 0 bridgehead atoms. The molecule has 4 heteroatoms. The van der Waals surface area contributed by atoms with E-state index in [0.29, 0.717) is 36.2 Å². The normalized spacial score (nSPS) is 16.6. The second-order valence-electron chi connectivity index (χ2n) is 12.1. The molecule has 0 atom stereocenters. The highest BCUT2D eigenvalue weighted by molar-refractivity contribution is 5.94. The molecular weight excluding hydrogens is 520 g/mol. The number of hydrogen-bond donors (Lipinski definition) is 0. The van der Waals surface area contributed by atoms with Crippen LogP contribution in [-0.4, -0.2) is 19.2 Å². The number of unbranched alkanes of at least 4 members (excludes halogenated alkanes) is 9. The Balaban J connectivity index is 1.55. The molecule has 0 aromatic heterocycles. The Labute approximate surface area is 256 Å². The van der Waals surface area contributed by atoms with Crippen molar-refractivity contribution in [2.75, 3.05) is 13.2 Å². The zero-order valence-electron chi connectivity index (χ0n) is 26.5. The summed E-state index contributed by atoms with van der Waals surface area (Å²) in [6.45, 7) is 9.50. The molecule has 0 N–H and O–H groups in total. The fourth-order valence-corrected chi connectivity index (χ4v) is 5.96. The molecular formula is C38H56O4. The Kier molecular flexibility index (Phi) is 16.2. The van der Waals surface area contributed by atoms with Gasteiger partial charge >= 0.3 is 5.97 Å². The first-order chi connectivity index (χ1) is 20.6. The van der Waals surface area contributed by atoms with Crippen molar-refractivity contribution >= 4 is 5.97 Å². The molecule has 1 aliphatic rings. The highest BCUT2D eigenvalue weighted by Crippen LogP contribution is 2.38. The number of ether oxygens (including phenoxy) is 3. The molecule has 0 unspecified atom stereocenters. The summed E-state index contributed by atoms with van der Waals surface area (Å²) in [7, 11) is 0. The van der Waals surface area contributed by atoms with Gasteiger partial charge in [0.05, 0.1) is 13.2 Å². The molecule has 0 spiro atoms. The summed E-state index contributed by atoms with van der Waals surface area (Å²) in [4.78, 5) is 13.2. The summed E-state index contributed by atoms with van der Waals surface area (Å²) < 4.78 is 17.9. The maximum Gasteiger partial charge on any atom is 0.347 e. The lowest BCUT2D eigenvalue weighted by Gasteiger charge is -2.29. The van der Waals surface area contributed by atoms with E-state index in [0.717, 1.165) is 37.4 Å². The van der Waals surface area contributed by atoms with Crippen LogP contribution in [0.4, 0.5) is 0 Å². The quantitative estimate of drug-likeness (QED) is 0.0641. The second-order valence-corrected chi connectivity index (χ2v) is 12.1. The van der Waals surface area contributed by atoms with Crippen LogP contribution in [0.3, 0.4) is 0 Å². The summed E-state index contributed by atoms with van der Waals surface area (Å²) in [5.74, 6) is 2.93.